The number of halogens is 1. The van der Waals surface area contributed by atoms with E-state index in [0.29, 0.717) is 29.9 Å². The molecule has 2 aromatic carbocycles. The Morgan fingerprint density at radius 1 is 1.02 bits per heavy atom. The van der Waals surface area contributed by atoms with Gasteiger partial charge >= 0.3 is 0 Å². The molecule has 0 unspecified atom stereocenters. The normalized spacial score (nSPS) is 20.4. The second-order valence-corrected chi connectivity index (χ2v) is 10.3. The molecule has 4 aromatic rings. The number of nitrogens with one attached hydrogen (secondary N) is 2. The van der Waals surface area contributed by atoms with E-state index in [9.17, 15) is 15.0 Å². The first-order chi connectivity index (χ1) is 19.8. The maximum atomic E-state index is 11.9. The summed E-state index contributed by atoms with van der Waals surface area (Å²) in [5.41, 5.74) is 3.01. The molecular weight excluding hydrogens is 548 g/mol. The molecule has 0 saturated heterocycles. The van der Waals surface area contributed by atoms with Crippen molar-refractivity contribution in [1.29, 1.82) is 0 Å². The molecule has 1 saturated carbocycles. The van der Waals surface area contributed by atoms with Gasteiger partial charge in [-0.2, -0.15) is 9.97 Å². The number of ether oxygens (including phenoxy) is 2. The fourth-order valence-corrected chi connectivity index (χ4v) is 5.46. The predicted octanol–water partition coefficient (Wildman–Crippen LogP) is 3.30. The van der Waals surface area contributed by atoms with E-state index in [0.717, 1.165) is 22.6 Å². The zero-order valence-corrected chi connectivity index (χ0v) is 23.7. The lowest BCUT2D eigenvalue weighted by atomic mass is 9.91. The zero-order chi connectivity index (χ0) is 29.1. The third-order valence-corrected chi connectivity index (χ3v) is 7.75. The van der Waals surface area contributed by atoms with Crippen LogP contribution in [0.2, 0.25) is 5.28 Å². The standard InChI is InChI=1S/C29H33ClN6O5/c1-4-23(37)33-21-13-22(26(39)25(21)38)36-15-32-24-27(34-29(30)35-28(24)36)31-14-20(16-5-9-18(40-2)10-6-16)17-7-11-19(41-3)12-8-17/h5-12,15,20-22,25-26,38-39H,4,13-14H2,1-3H3,(H,33,37)(H,31,34,35)/t21-,22+,25+,26-/m0/s1. The molecule has 1 amide bonds. The van der Waals surface area contributed by atoms with Crippen LogP contribution < -0.4 is 20.1 Å². The van der Waals surface area contributed by atoms with Gasteiger partial charge in [0.15, 0.2) is 17.0 Å². The van der Waals surface area contributed by atoms with E-state index in [1.807, 2.05) is 48.5 Å². The minimum Gasteiger partial charge on any atom is -0.497 e. The molecule has 0 radical (unpaired) electrons. The highest BCUT2D eigenvalue weighted by atomic mass is 35.5. The lowest BCUT2D eigenvalue weighted by Crippen LogP contribution is -2.42. The number of hydrogen-bond donors (Lipinski definition) is 4. The molecule has 41 heavy (non-hydrogen) atoms. The lowest BCUT2D eigenvalue weighted by Gasteiger charge is -2.20. The number of rotatable bonds is 10. The molecule has 4 atom stereocenters. The number of aromatic nitrogens is 4. The quantitative estimate of drug-likeness (QED) is 0.208. The number of carbonyl (C=O) groups excluding carboxylic acids is 1. The molecule has 5 rings (SSSR count). The topological polar surface area (TPSA) is 144 Å². The highest BCUT2D eigenvalue weighted by molar-refractivity contribution is 6.28. The average molecular weight is 581 g/mol. The molecule has 2 heterocycles. The first-order valence-electron chi connectivity index (χ1n) is 13.4. The van der Waals surface area contributed by atoms with Gasteiger partial charge in [-0.15, -0.1) is 0 Å². The Hall–Kier alpha value is -3.93. The predicted molar refractivity (Wildman–Crippen MR) is 155 cm³/mol. The number of amides is 1. The number of methoxy groups -OCH3 is 2. The number of imidazole rings is 1. The number of aliphatic hydroxyl groups excluding tert-OH is 2. The van der Waals surface area contributed by atoms with Crippen molar-refractivity contribution in [3.8, 4) is 11.5 Å². The Balaban J connectivity index is 1.44. The molecule has 1 aliphatic rings. The van der Waals surface area contributed by atoms with Gasteiger partial charge in [0.25, 0.3) is 0 Å². The second-order valence-electron chi connectivity index (χ2n) is 9.96. The molecule has 0 bridgehead atoms. The molecule has 216 valence electrons. The van der Waals surface area contributed by atoms with Crippen LogP contribution in [-0.4, -0.2) is 74.7 Å². The second kappa shape index (κ2) is 12.3. The first-order valence-corrected chi connectivity index (χ1v) is 13.8. The number of aliphatic hydroxyl groups is 2. The molecule has 2 aromatic heterocycles. The van der Waals surface area contributed by atoms with Crippen molar-refractivity contribution in [2.45, 2.75) is 50.0 Å². The third-order valence-electron chi connectivity index (χ3n) is 7.58. The van der Waals surface area contributed by atoms with Crippen LogP contribution in [0.15, 0.2) is 54.9 Å². The van der Waals surface area contributed by atoms with E-state index in [4.69, 9.17) is 21.1 Å². The monoisotopic (exact) mass is 580 g/mol. The minimum absolute atomic E-state index is 0.0102. The maximum Gasteiger partial charge on any atom is 0.226 e. The Labute approximate surface area is 242 Å². The highest BCUT2D eigenvalue weighted by Gasteiger charge is 2.43. The fraction of sp³-hybridized carbons (Fsp3) is 0.379. The van der Waals surface area contributed by atoms with Crippen LogP contribution in [0.4, 0.5) is 5.82 Å². The van der Waals surface area contributed by atoms with Gasteiger partial charge in [0.2, 0.25) is 11.2 Å². The summed E-state index contributed by atoms with van der Waals surface area (Å²) in [4.78, 5) is 25.3. The Kier molecular flexibility index (Phi) is 8.57. The molecule has 1 fully saturated rings. The smallest absolute Gasteiger partial charge is 0.226 e. The van der Waals surface area contributed by atoms with Crippen molar-refractivity contribution in [2.24, 2.45) is 0 Å². The Morgan fingerprint density at radius 3 is 2.20 bits per heavy atom. The summed E-state index contributed by atoms with van der Waals surface area (Å²) in [6.45, 7) is 2.19. The van der Waals surface area contributed by atoms with Gasteiger partial charge in [0.05, 0.1) is 32.6 Å². The number of nitrogens with zero attached hydrogens (tertiary/aromatic N) is 4. The van der Waals surface area contributed by atoms with Crippen molar-refractivity contribution in [1.82, 2.24) is 24.8 Å². The molecule has 1 aliphatic carbocycles. The van der Waals surface area contributed by atoms with E-state index < -0.39 is 24.3 Å². The number of carbonyl (C=O) groups is 1. The summed E-state index contributed by atoms with van der Waals surface area (Å²) in [6.07, 6.45) is -0.118. The van der Waals surface area contributed by atoms with Crippen molar-refractivity contribution < 1.29 is 24.5 Å². The van der Waals surface area contributed by atoms with Gasteiger partial charge in [0.1, 0.15) is 23.7 Å². The number of hydrogen-bond acceptors (Lipinski definition) is 9. The number of anilines is 1. The lowest BCUT2D eigenvalue weighted by molar-refractivity contribution is -0.122. The van der Waals surface area contributed by atoms with Gasteiger partial charge in [-0.05, 0) is 53.4 Å². The summed E-state index contributed by atoms with van der Waals surface area (Å²) < 4.78 is 12.4. The zero-order valence-electron chi connectivity index (χ0n) is 23.0. The summed E-state index contributed by atoms with van der Waals surface area (Å²) in [5, 5.41) is 27.6. The van der Waals surface area contributed by atoms with E-state index in [-0.39, 0.29) is 23.5 Å². The van der Waals surface area contributed by atoms with E-state index in [1.165, 1.54) is 0 Å². The van der Waals surface area contributed by atoms with Gasteiger partial charge in [-0.1, -0.05) is 31.2 Å². The number of benzene rings is 2. The minimum atomic E-state index is -1.13. The van der Waals surface area contributed by atoms with Crippen molar-refractivity contribution >= 4 is 34.5 Å². The molecule has 11 nitrogen and oxygen atoms in total. The molecule has 12 heteroatoms. The van der Waals surface area contributed by atoms with E-state index in [2.05, 4.69) is 25.6 Å². The fourth-order valence-electron chi connectivity index (χ4n) is 5.29. The third kappa shape index (κ3) is 5.92. The van der Waals surface area contributed by atoms with Crippen LogP contribution in [0.25, 0.3) is 11.2 Å². The Morgan fingerprint density at radius 2 is 1.63 bits per heavy atom. The average Bonchev–Trinajstić information content (AvgIpc) is 3.53. The van der Waals surface area contributed by atoms with Crippen molar-refractivity contribution in [2.75, 3.05) is 26.1 Å². The van der Waals surface area contributed by atoms with Crippen molar-refractivity contribution in [3.63, 3.8) is 0 Å². The molecule has 0 spiro atoms. The van der Waals surface area contributed by atoms with Crippen LogP contribution >= 0.6 is 11.6 Å². The maximum absolute atomic E-state index is 11.9. The summed E-state index contributed by atoms with van der Waals surface area (Å²) in [6, 6.07) is 14.6. The number of fused-ring (bicyclic) bond motifs is 1. The van der Waals surface area contributed by atoms with Crippen LogP contribution in [0.5, 0.6) is 11.5 Å². The molecule has 0 aliphatic heterocycles. The Bertz CT molecular complexity index is 1450. The summed E-state index contributed by atoms with van der Waals surface area (Å²) >= 11 is 6.36. The van der Waals surface area contributed by atoms with E-state index in [1.54, 1.807) is 32.0 Å². The molecule has 4 N–H and O–H groups in total. The van der Waals surface area contributed by atoms with E-state index >= 15 is 0 Å². The summed E-state index contributed by atoms with van der Waals surface area (Å²) in [5.74, 6) is 1.71. The first kappa shape index (κ1) is 28.6. The van der Waals surface area contributed by atoms with Crippen LogP contribution in [-0.2, 0) is 4.79 Å². The largest absolute Gasteiger partial charge is 0.497 e. The molecular formula is C29H33ClN6O5. The van der Waals surface area contributed by atoms with Crippen LogP contribution in [0.1, 0.15) is 42.9 Å². The van der Waals surface area contributed by atoms with Crippen LogP contribution in [0.3, 0.4) is 0 Å². The van der Waals surface area contributed by atoms with Crippen LogP contribution in [0, 0.1) is 0 Å². The van der Waals surface area contributed by atoms with Gasteiger partial charge in [-0.25, -0.2) is 4.98 Å². The SMILES string of the molecule is CCC(=O)N[C@H]1C[C@@H](n2cnc3c(NCC(c4ccc(OC)cc4)c4ccc(OC)cc4)nc(Cl)nc32)[C@H](O)[C@@H]1O. The van der Waals surface area contributed by atoms with Gasteiger partial charge < -0.3 is 34.9 Å². The summed E-state index contributed by atoms with van der Waals surface area (Å²) in [7, 11) is 3.26. The van der Waals surface area contributed by atoms with Crippen molar-refractivity contribution in [3.05, 3.63) is 71.3 Å². The highest BCUT2D eigenvalue weighted by Crippen LogP contribution is 2.35. The van der Waals surface area contributed by atoms with Gasteiger partial charge in [-0.3, -0.25) is 4.79 Å². The van der Waals surface area contributed by atoms with Gasteiger partial charge in [0, 0.05) is 18.9 Å².